The smallest absolute Gasteiger partial charge is 0.152 e. The van der Waals surface area contributed by atoms with E-state index in [2.05, 4.69) is 26.6 Å². The number of pyridine rings is 1. The van der Waals surface area contributed by atoms with E-state index >= 15 is 0 Å². The number of anilines is 1. The second kappa shape index (κ2) is 5.44. The van der Waals surface area contributed by atoms with E-state index in [1.54, 1.807) is 0 Å². The molecule has 0 fully saturated rings. The molecule has 108 valence electrons. The minimum atomic E-state index is 0.664. The van der Waals surface area contributed by atoms with E-state index in [9.17, 15) is 0 Å². The Morgan fingerprint density at radius 3 is 2.71 bits per heavy atom. The zero-order valence-corrected chi connectivity index (χ0v) is 12.4. The molecule has 3 heterocycles. The highest BCUT2D eigenvalue weighted by Gasteiger charge is 2.11. The van der Waals surface area contributed by atoms with Gasteiger partial charge in [0.05, 0.1) is 17.6 Å². The molecule has 0 amide bonds. The van der Waals surface area contributed by atoms with Crippen LogP contribution in [0.2, 0.25) is 0 Å². The van der Waals surface area contributed by atoms with Crippen molar-refractivity contribution in [2.24, 2.45) is 0 Å². The predicted octanol–water partition coefficient (Wildman–Crippen LogP) is 3.60. The van der Waals surface area contributed by atoms with Gasteiger partial charge < -0.3 is 9.73 Å². The van der Waals surface area contributed by atoms with Gasteiger partial charge in [-0.15, -0.1) is 0 Å². The van der Waals surface area contributed by atoms with Crippen molar-refractivity contribution < 1.29 is 4.42 Å². The normalized spacial score (nSPS) is 10.8. The van der Waals surface area contributed by atoms with E-state index in [0.717, 1.165) is 39.9 Å². The third-order valence-corrected chi connectivity index (χ3v) is 3.40. The van der Waals surface area contributed by atoms with E-state index in [-0.39, 0.29) is 0 Å². The number of hydrogen-bond donors (Lipinski definition) is 2. The highest BCUT2D eigenvalue weighted by Crippen LogP contribution is 2.24. The Hall–Kier alpha value is -2.56. The molecule has 0 aliphatic rings. The third-order valence-electron chi connectivity index (χ3n) is 3.40. The van der Waals surface area contributed by atoms with Gasteiger partial charge in [-0.2, -0.15) is 5.10 Å². The molecule has 0 aliphatic heterocycles. The molecule has 21 heavy (non-hydrogen) atoms. The number of furan rings is 1. The number of hydrogen-bond acceptors (Lipinski definition) is 4. The fourth-order valence-corrected chi connectivity index (χ4v) is 2.29. The number of H-pyrrole nitrogens is 1. The fourth-order valence-electron chi connectivity index (χ4n) is 2.29. The monoisotopic (exact) mass is 282 g/mol. The second-order valence-electron chi connectivity index (χ2n) is 5.12. The van der Waals surface area contributed by atoms with Crippen LogP contribution in [0.5, 0.6) is 0 Å². The Morgan fingerprint density at radius 2 is 2.00 bits per heavy atom. The van der Waals surface area contributed by atoms with Gasteiger partial charge in [-0.3, -0.25) is 10.1 Å². The summed E-state index contributed by atoms with van der Waals surface area (Å²) in [4.78, 5) is 4.45. The molecule has 3 aromatic heterocycles. The van der Waals surface area contributed by atoms with Crippen LogP contribution in [0, 0.1) is 20.8 Å². The lowest BCUT2D eigenvalue weighted by Crippen LogP contribution is -2.03. The summed E-state index contributed by atoms with van der Waals surface area (Å²) >= 11 is 0. The van der Waals surface area contributed by atoms with Gasteiger partial charge >= 0.3 is 0 Å². The van der Waals surface area contributed by atoms with Gasteiger partial charge in [0.2, 0.25) is 0 Å². The molecule has 3 aromatic rings. The number of nitrogens with one attached hydrogen (secondary N) is 2. The van der Waals surface area contributed by atoms with Gasteiger partial charge in [0.25, 0.3) is 0 Å². The minimum absolute atomic E-state index is 0.664. The Kier molecular flexibility index (Phi) is 3.48. The molecule has 5 nitrogen and oxygen atoms in total. The lowest BCUT2D eigenvalue weighted by Gasteiger charge is -2.09. The molecule has 0 radical (unpaired) electrons. The molecule has 5 heteroatoms. The first kappa shape index (κ1) is 13.4. The van der Waals surface area contributed by atoms with Crippen LogP contribution in [0.1, 0.15) is 22.7 Å². The van der Waals surface area contributed by atoms with Crippen LogP contribution in [0.15, 0.2) is 34.9 Å². The van der Waals surface area contributed by atoms with E-state index < -0.39 is 0 Å². The maximum Gasteiger partial charge on any atom is 0.152 e. The molecule has 0 saturated heterocycles. The van der Waals surface area contributed by atoms with Crippen molar-refractivity contribution in [2.75, 3.05) is 5.32 Å². The molecular weight excluding hydrogens is 264 g/mol. The molecule has 0 saturated carbocycles. The van der Waals surface area contributed by atoms with E-state index in [1.165, 1.54) is 0 Å². The maximum absolute atomic E-state index is 5.65. The van der Waals surface area contributed by atoms with Crippen molar-refractivity contribution >= 4 is 5.69 Å². The summed E-state index contributed by atoms with van der Waals surface area (Å²) in [6.07, 6.45) is 1.82. The average Bonchev–Trinajstić information content (AvgIpc) is 3.06. The standard InChI is InChI=1S/C16H18N4O/c1-10-4-6-14(12(3)19-10)17-8-13-9-18-20-16(13)15-7-5-11(2)21-15/h4-7,9,17H,8H2,1-3H3,(H,18,20). The maximum atomic E-state index is 5.65. The van der Waals surface area contributed by atoms with E-state index in [0.29, 0.717) is 6.54 Å². The zero-order valence-electron chi connectivity index (χ0n) is 12.4. The van der Waals surface area contributed by atoms with Crippen molar-refractivity contribution in [3.05, 3.63) is 53.2 Å². The summed E-state index contributed by atoms with van der Waals surface area (Å²) in [7, 11) is 0. The molecule has 0 unspecified atom stereocenters. The third kappa shape index (κ3) is 2.81. The van der Waals surface area contributed by atoms with Crippen molar-refractivity contribution in [1.82, 2.24) is 15.2 Å². The van der Waals surface area contributed by atoms with Gasteiger partial charge in [0, 0.05) is 17.8 Å². The first-order chi connectivity index (χ1) is 10.1. The summed E-state index contributed by atoms with van der Waals surface area (Å²) in [6, 6.07) is 7.95. The van der Waals surface area contributed by atoms with Crippen LogP contribution < -0.4 is 5.32 Å². The van der Waals surface area contributed by atoms with Gasteiger partial charge in [0.1, 0.15) is 11.5 Å². The summed E-state index contributed by atoms with van der Waals surface area (Å²) in [5.74, 6) is 1.69. The largest absolute Gasteiger partial charge is 0.460 e. The molecule has 0 spiro atoms. The van der Waals surface area contributed by atoms with Crippen molar-refractivity contribution in [3.63, 3.8) is 0 Å². The van der Waals surface area contributed by atoms with E-state index in [4.69, 9.17) is 4.42 Å². The Labute approximate surface area is 123 Å². The van der Waals surface area contributed by atoms with Crippen LogP contribution in [-0.4, -0.2) is 15.2 Å². The number of aryl methyl sites for hydroxylation is 3. The summed E-state index contributed by atoms with van der Waals surface area (Å²) in [5.41, 5.74) is 5.02. The van der Waals surface area contributed by atoms with E-state index in [1.807, 2.05) is 45.2 Å². The fraction of sp³-hybridized carbons (Fsp3) is 0.250. The quantitative estimate of drug-likeness (QED) is 0.767. The highest BCUT2D eigenvalue weighted by molar-refractivity contribution is 5.58. The molecule has 0 aromatic carbocycles. The highest BCUT2D eigenvalue weighted by atomic mass is 16.3. The lowest BCUT2D eigenvalue weighted by molar-refractivity contribution is 0.545. The first-order valence-electron chi connectivity index (χ1n) is 6.90. The molecule has 3 rings (SSSR count). The van der Waals surface area contributed by atoms with Gasteiger partial charge in [0.15, 0.2) is 5.76 Å². The molecular formula is C16H18N4O. The van der Waals surface area contributed by atoms with Crippen molar-refractivity contribution in [3.8, 4) is 11.5 Å². The van der Waals surface area contributed by atoms with Crippen LogP contribution in [0.4, 0.5) is 5.69 Å². The SMILES string of the molecule is Cc1ccc(NCc2cn[nH]c2-c2ccc(C)o2)c(C)n1. The molecule has 0 bridgehead atoms. The molecule has 2 N–H and O–H groups in total. The molecule has 0 atom stereocenters. The first-order valence-corrected chi connectivity index (χ1v) is 6.90. The number of nitrogens with zero attached hydrogens (tertiary/aromatic N) is 2. The van der Waals surface area contributed by atoms with Gasteiger partial charge in [-0.1, -0.05) is 0 Å². The zero-order chi connectivity index (χ0) is 14.8. The van der Waals surface area contributed by atoms with Crippen LogP contribution in [-0.2, 0) is 6.54 Å². The number of aromatic nitrogens is 3. The number of aromatic amines is 1. The Bertz CT molecular complexity index is 757. The van der Waals surface area contributed by atoms with Crippen molar-refractivity contribution in [1.29, 1.82) is 0 Å². The van der Waals surface area contributed by atoms with Crippen LogP contribution in [0.25, 0.3) is 11.5 Å². The second-order valence-corrected chi connectivity index (χ2v) is 5.12. The Balaban J connectivity index is 1.79. The summed E-state index contributed by atoms with van der Waals surface area (Å²) in [6.45, 7) is 6.59. The predicted molar refractivity (Wildman–Crippen MR) is 82.1 cm³/mol. The summed E-state index contributed by atoms with van der Waals surface area (Å²) in [5, 5.41) is 10.5. The van der Waals surface area contributed by atoms with Crippen LogP contribution >= 0.6 is 0 Å². The Morgan fingerprint density at radius 1 is 1.14 bits per heavy atom. The topological polar surface area (TPSA) is 66.7 Å². The van der Waals surface area contributed by atoms with Gasteiger partial charge in [-0.25, -0.2) is 0 Å². The molecule has 0 aliphatic carbocycles. The minimum Gasteiger partial charge on any atom is -0.460 e. The lowest BCUT2D eigenvalue weighted by atomic mass is 10.2. The van der Waals surface area contributed by atoms with Gasteiger partial charge in [-0.05, 0) is 45.0 Å². The average molecular weight is 282 g/mol. The number of rotatable bonds is 4. The van der Waals surface area contributed by atoms with Crippen molar-refractivity contribution in [2.45, 2.75) is 27.3 Å². The van der Waals surface area contributed by atoms with Crippen LogP contribution in [0.3, 0.4) is 0 Å². The summed E-state index contributed by atoms with van der Waals surface area (Å²) < 4.78 is 5.65.